The van der Waals surface area contributed by atoms with Crippen LogP contribution in [0.3, 0.4) is 0 Å². The van der Waals surface area contributed by atoms with Crippen LogP contribution in [0, 0.1) is 0 Å². The molecule has 0 amide bonds. The largest absolute Gasteiger partial charge is 0.497 e. The molecule has 0 unspecified atom stereocenters. The van der Waals surface area contributed by atoms with Crippen molar-refractivity contribution < 1.29 is 4.74 Å². The van der Waals surface area contributed by atoms with Crippen LogP contribution in [-0.2, 0) is 14.1 Å². The van der Waals surface area contributed by atoms with Crippen LogP contribution in [0.2, 0.25) is 0 Å². The van der Waals surface area contributed by atoms with Crippen molar-refractivity contribution >= 4 is 32.9 Å². The van der Waals surface area contributed by atoms with Crippen molar-refractivity contribution in [3.8, 4) is 22.7 Å². The molecule has 0 saturated carbocycles. The Morgan fingerprint density at radius 3 is 2.26 bits per heavy atom. The number of ether oxygens (including phenoxy) is 1. The molecular weight excluding hydrogens is 462 g/mol. The summed E-state index contributed by atoms with van der Waals surface area (Å²) in [5, 5.41) is 0. The van der Waals surface area contributed by atoms with E-state index < -0.39 is 5.69 Å². The van der Waals surface area contributed by atoms with E-state index in [1.807, 2.05) is 59.3 Å². The first kappa shape index (κ1) is 19.4. The lowest BCUT2D eigenvalue weighted by Gasteiger charge is -2.10. The second-order valence-electron chi connectivity index (χ2n) is 7.21. The molecule has 0 radical (unpaired) electrons. The van der Waals surface area contributed by atoms with Gasteiger partial charge in [0.1, 0.15) is 5.75 Å². The molecule has 0 N–H and O–H groups in total. The summed E-state index contributed by atoms with van der Waals surface area (Å²) >= 11 is 3.47. The minimum Gasteiger partial charge on any atom is -0.497 e. The van der Waals surface area contributed by atoms with Gasteiger partial charge in [0.25, 0.3) is 5.56 Å². The molecule has 0 fully saturated rings. The highest BCUT2D eigenvalue weighted by atomic mass is 79.9. The second-order valence-corrected chi connectivity index (χ2v) is 8.13. The molecule has 3 aromatic heterocycles. The number of hydrogen-bond acceptors (Lipinski definition) is 4. The minimum atomic E-state index is -0.413. The maximum Gasteiger partial charge on any atom is 0.332 e. The van der Waals surface area contributed by atoms with E-state index in [1.54, 1.807) is 18.6 Å². The van der Waals surface area contributed by atoms with Gasteiger partial charge in [-0.1, -0.05) is 15.9 Å². The quantitative estimate of drug-likeness (QED) is 0.398. The van der Waals surface area contributed by atoms with Crippen molar-refractivity contribution in [2.75, 3.05) is 7.11 Å². The highest BCUT2D eigenvalue weighted by Crippen LogP contribution is 2.30. The Bertz CT molecular complexity index is 1570. The first-order chi connectivity index (χ1) is 14.9. The number of nitrogens with zero attached hydrogens (tertiary/aromatic N) is 5. The number of halogens is 1. The average Bonchev–Trinajstić information content (AvgIpc) is 3.33. The number of fused-ring (bicyclic) bond motifs is 3. The van der Waals surface area contributed by atoms with E-state index in [9.17, 15) is 9.59 Å². The molecule has 5 rings (SSSR count). The summed E-state index contributed by atoms with van der Waals surface area (Å²) in [4.78, 5) is 30.0. The Balaban J connectivity index is 1.92. The van der Waals surface area contributed by atoms with Crippen LogP contribution in [0.15, 0.2) is 68.8 Å². The Hall–Kier alpha value is -3.59. The Kier molecular flexibility index (Phi) is 4.37. The first-order valence-electron chi connectivity index (χ1n) is 9.50. The zero-order valence-electron chi connectivity index (χ0n) is 17.0. The van der Waals surface area contributed by atoms with Crippen LogP contribution in [0.25, 0.3) is 33.9 Å². The van der Waals surface area contributed by atoms with Crippen molar-refractivity contribution in [3.05, 3.63) is 80.0 Å². The Morgan fingerprint density at radius 2 is 1.61 bits per heavy atom. The molecule has 2 aromatic carbocycles. The molecule has 8 nitrogen and oxygen atoms in total. The Labute approximate surface area is 184 Å². The number of aromatic nitrogens is 5. The van der Waals surface area contributed by atoms with Crippen LogP contribution < -0.4 is 16.0 Å². The highest BCUT2D eigenvalue weighted by molar-refractivity contribution is 9.10. The van der Waals surface area contributed by atoms with E-state index in [0.717, 1.165) is 31.7 Å². The summed E-state index contributed by atoms with van der Waals surface area (Å²) in [7, 11) is 4.71. The summed E-state index contributed by atoms with van der Waals surface area (Å²) in [5.74, 6) is 1.30. The van der Waals surface area contributed by atoms with Gasteiger partial charge in [0.2, 0.25) is 5.78 Å². The second kappa shape index (κ2) is 6.98. The predicted octanol–water partition coefficient (Wildman–Crippen LogP) is 3.11. The molecule has 31 heavy (non-hydrogen) atoms. The zero-order valence-corrected chi connectivity index (χ0v) is 18.6. The summed E-state index contributed by atoms with van der Waals surface area (Å²) in [6.07, 6.45) is 1.88. The molecule has 0 saturated heterocycles. The number of methoxy groups -OCH3 is 1. The predicted molar refractivity (Wildman–Crippen MR) is 122 cm³/mol. The molecule has 0 spiro atoms. The monoisotopic (exact) mass is 479 g/mol. The molecule has 0 atom stereocenters. The van der Waals surface area contributed by atoms with Gasteiger partial charge in [-0.25, -0.2) is 4.79 Å². The maximum atomic E-state index is 13.0. The molecule has 156 valence electrons. The van der Waals surface area contributed by atoms with Gasteiger partial charge in [0.05, 0.1) is 12.8 Å². The molecule has 0 bridgehead atoms. The standard InChI is InChI=1S/C22H18BrN5O3/c1-25-19-18(20(29)26(2)22(25)30)27-12-17(13-4-10-16(31-3)11-5-13)28(21(27)24-19)15-8-6-14(23)7-9-15/h4-12H,1-3H3. The van der Waals surface area contributed by atoms with Crippen LogP contribution in [0.1, 0.15) is 0 Å². The van der Waals surface area contributed by atoms with E-state index in [2.05, 4.69) is 15.9 Å². The molecule has 9 heteroatoms. The van der Waals surface area contributed by atoms with Crippen molar-refractivity contribution in [2.24, 2.45) is 14.1 Å². The van der Waals surface area contributed by atoms with Crippen LogP contribution in [0.5, 0.6) is 5.75 Å². The number of imidazole rings is 2. The number of aryl methyl sites for hydroxylation is 1. The van der Waals surface area contributed by atoms with Crippen molar-refractivity contribution in [3.63, 3.8) is 0 Å². The highest BCUT2D eigenvalue weighted by Gasteiger charge is 2.21. The summed E-state index contributed by atoms with van der Waals surface area (Å²) in [6.45, 7) is 0. The van der Waals surface area contributed by atoms with Gasteiger partial charge in [-0.05, 0) is 48.5 Å². The number of rotatable bonds is 3. The van der Waals surface area contributed by atoms with E-state index in [0.29, 0.717) is 16.9 Å². The zero-order chi connectivity index (χ0) is 21.9. The number of hydrogen-bond donors (Lipinski definition) is 0. The molecule has 0 aliphatic rings. The Morgan fingerprint density at radius 1 is 0.935 bits per heavy atom. The van der Waals surface area contributed by atoms with Gasteiger partial charge in [0.15, 0.2) is 11.2 Å². The topological polar surface area (TPSA) is 75.5 Å². The van der Waals surface area contributed by atoms with Gasteiger partial charge < -0.3 is 4.74 Å². The van der Waals surface area contributed by atoms with Crippen molar-refractivity contribution in [2.45, 2.75) is 0 Å². The van der Waals surface area contributed by atoms with Gasteiger partial charge in [0, 0.05) is 36.0 Å². The smallest absolute Gasteiger partial charge is 0.332 e. The van der Waals surface area contributed by atoms with Crippen LogP contribution >= 0.6 is 15.9 Å². The maximum absolute atomic E-state index is 13.0. The summed E-state index contributed by atoms with van der Waals surface area (Å²) in [5.41, 5.74) is 2.56. The van der Waals surface area contributed by atoms with E-state index in [4.69, 9.17) is 9.72 Å². The van der Waals surface area contributed by atoms with Gasteiger partial charge in [-0.2, -0.15) is 4.98 Å². The summed E-state index contributed by atoms with van der Waals surface area (Å²) in [6, 6.07) is 15.5. The summed E-state index contributed by atoms with van der Waals surface area (Å²) < 4.78 is 12.4. The van der Waals surface area contributed by atoms with Gasteiger partial charge >= 0.3 is 5.69 Å². The van der Waals surface area contributed by atoms with E-state index >= 15 is 0 Å². The van der Waals surface area contributed by atoms with Gasteiger partial charge in [-0.15, -0.1) is 0 Å². The van der Waals surface area contributed by atoms with Crippen molar-refractivity contribution in [1.29, 1.82) is 0 Å². The lowest BCUT2D eigenvalue weighted by atomic mass is 10.1. The molecule has 0 aliphatic carbocycles. The molecular formula is C22H18BrN5O3. The van der Waals surface area contributed by atoms with Crippen LogP contribution in [-0.4, -0.2) is 30.2 Å². The fraction of sp³-hybridized carbons (Fsp3) is 0.136. The fourth-order valence-corrected chi connectivity index (χ4v) is 4.05. The lowest BCUT2D eigenvalue weighted by Crippen LogP contribution is -2.37. The minimum absolute atomic E-state index is 0.343. The third-order valence-corrected chi connectivity index (χ3v) is 5.96. The number of benzene rings is 2. The van der Waals surface area contributed by atoms with E-state index in [1.165, 1.54) is 11.6 Å². The average molecular weight is 480 g/mol. The normalized spacial score (nSPS) is 11.5. The van der Waals surface area contributed by atoms with Gasteiger partial charge in [-0.3, -0.25) is 22.9 Å². The third kappa shape index (κ3) is 2.84. The SMILES string of the molecule is COc1ccc(-c2cn3c4c(=O)n(C)c(=O)n(C)c4nc3n2-c2ccc(Br)cc2)cc1. The lowest BCUT2D eigenvalue weighted by molar-refractivity contribution is 0.415. The van der Waals surface area contributed by atoms with E-state index in [-0.39, 0.29) is 5.56 Å². The fourth-order valence-electron chi connectivity index (χ4n) is 3.78. The van der Waals surface area contributed by atoms with Crippen LogP contribution in [0.4, 0.5) is 0 Å². The third-order valence-electron chi connectivity index (χ3n) is 5.44. The van der Waals surface area contributed by atoms with Crippen molar-refractivity contribution in [1.82, 2.24) is 23.1 Å². The molecule has 5 aromatic rings. The molecule has 3 heterocycles. The first-order valence-corrected chi connectivity index (χ1v) is 10.3. The molecule has 0 aliphatic heterocycles.